The molecule has 0 spiro atoms. The molecule has 0 radical (unpaired) electrons. The van der Waals surface area contributed by atoms with E-state index in [2.05, 4.69) is 67.1 Å². The SMILES string of the molecule is CCNc1cc(C)c(Nc2ccccc2)c(C)c1Nc1ccccc1. The lowest BCUT2D eigenvalue weighted by molar-refractivity contribution is 1.20. The van der Waals surface area contributed by atoms with Gasteiger partial charge in [0.15, 0.2) is 0 Å². The highest BCUT2D eigenvalue weighted by Crippen LogP contribution is 2.37. The van der Waals surface area contributed by atoms with Gasteiger partial charge in [0.25, 0.3) is 0 Å². The molecular weight excluding hydrogens is 306 g/mol. The van der Waals surface area contributed by atoms with Crippen LogP contribution in [0.1, 0.15) is 18.1 Å². The van der Waals surface area contributed by atoms with Gasteiger partial charge in [0.1, 0.15) is 0 Å². The molecule has 3 rings (SSSR count). The van der Waals surface area contributed by atoms with Gasteiger partial charge in [-0.05, 0) is 62.2 Å². The third-order valence-corrected chi connectivity index (χ3v) is 4.23. The topological polar surface area (TPSA) is 36.1 Å². The molecule has 0 aliphatic heterocycles. The first-order valence-corrected chi connectivity index (χ1v) is 8.71. The highest BCUT2D eigenvalue weighted by atomic mass is 15.0. The number of nitrogens with one attached hydrogen (secondary N) is 3. The van der Waals surface area contributed by atoms with E-state index in [1.165, 1.54) is 11.1 Å². The molecule has 3 aromatic carbocycles. The van der Waals surface area contributed by atoms with Crippen molar-refractivity contribution < 1.29 is 0 Å². The van der Waals surface area contributed by atoms with Crippen molar-refractivity contribution in [2.45, 2.75) is 20.8 Å². The fraction of sp³-hybridized carbons (Fsp3) is 0.182. The Labute approximate surface area is 150 Å². The fourth-order valence-corrected chi connectivity index (χ4v) is 3.00. The second-order valence-corrected chi connectivity index (χ2v) is 6.13. The van der Waals surface area contributed by atoms with E-state index in [0.29, 0.717) is 0 Å². The van der Waals surface area contributed by atoms with Crippen molar-refractivity contribution in [3.63, 3.8) is 0 Å². The molecular formula is C22H25N3. The lowest BCUT2D eigenvalue weighted by Gasteiger charge is -2.22. The molecule has 3 aromatic rings. The Morgan fingerprint density at radius 3 is 1.76 bits per heavy atom. The van der Waals surface area contributed by atoms with Crippen molar-refractivity contribution in [3.05, 3.63) is 77.9 Å². The molecule has 3 N–H and O–H groups in total. The molecule has 0 atom stereocenters. The molecule has 0 saturated heterocycles. The summed E-state index contributed by atoms with van der Waals surface area (Å²) >= 11 is 0. The summed E-state index contributed by atoms with van der Waals surface area (Å²) in [4.78, 5) is 0. The smallest absolute Gasteiger partial charge is 0.0670 e. The van der Waals surface area contributed by atoms with E-state index >= 15 is 0 Å². The fourth-order valence-electron chi connectivity index (χ4n) is 3.00. The number of hydrogen-bond donors (Lipinski definition) is 3. The van der Waals surface area contributed by atoms with Crippen LogP contribution in [0.15, 0.2) is 66.7 Å². The van der Waals surface area contributed by atoms with Gasteiger partial charge in [-0.2, -0.15) is 0 Å². The van der Waals surface area contributed by atoms with E-state index in [-0.39, 0.29) is 0 Å². The van der Waals surface area contributed by atoms with Crippen LogP contribution in [-0.2, 0) is 0 Å². The predicted octanol–water partition coefficient (Wildman–Crippen LogP) is 6.22. The maximum absolute atomic E-state index is 3.58. The summed E-state index contributed by atoms with van der Waals surface area (Å²) in [6, 6.07) is 22.8. The van der Waals surface area contributed by atoms with E-state index in [0.717, 1.165) is 35.0 Å². The summed E-state index contributed by atoms with van der Waals surface area (Å²) < 4.78 is 0. The summed E-state index contributed by atoms with van der Waals surface area (Å²) in [5.74, 6) is 0. The van der Waals surface area contributed by atoms with Gasteiger partial charge in [0, 0.05) is 23.6 Å². The summed E-state index contributed by atoms with van der Waals surface area (Å²) in [6.45, 7) is 7.30. The van der Waals surface area contributed by atoms with Crippen LogP contribution in [-0.4, -0.2) is 6.54 Å². The van der Waals surface area contributed by atoms with Gasteiger partial charge in [-0.15, -0.1) is 0 Å². The molecule has 0 unspecified atom stereocenters. The Bertz CT molecular complexity index is 827. The highest BCUT2D eigenvalue weighted by Gasteiger charge is 2.13. The summed E-state index contributed by atoms with van der Waals surface area (Å²) in [7, 11) is 0. The maximum Gasteiger partial charge on any atom is 0.0670 e. The van der Waals surface area contributed by atoms with Gasteiger partial charge in [-0.1, -0.05) is 36.4 Å². The van der Waals surface area contributed by atoms with Crippen LogP contribution in [0, 0.1) is 13.8 Å². The maximum atomic E-state index is 3.58. The van der Waals surface area contributed by atoms with E-state index in [1.807, 2.05) is 36.4 Å². The largest absolute Gasteiger partial charge is 0.384 e. The number of aryl methyl sites for hydroxylation is 1. The standard InChI is InChI=1S/C22H25N3/c1-4-23-20-15-16(2)21(24-18-11-7-5-8-12-18)17(3)22(20)25-19-13-9-6-10-14-19/h5-15,23-25H,4H2,1-3H3. The second kappa shape index (κ2) is 7.75. The first-order chi connectivity index (χ1) is 12.2. The number of hydrogen-bond acceptors (Lipinski definition) is 3. The monoisotopic (exact) mass is 331 g/mol. The molecule has 0 bridgehead atoms. The molecule has 3 nitrogen and oxygen atoms in total. The average molecular weight is 331 g/mol. The quantitative estimate of drug-likeness (QED) is 0.501. The molecule has 0 heterocycles. The van der Waals surface area contributed by atoms with Gasteiger partial charge < -0.3 is 16.0 Å². The second-order valence-electron chi connectivity index (χ2n) is 6.13. The minimum Gasteiger partial charge on any atom is -0.384 e. The van der Waals surface area contributed by atoms with Crippen LogP contribution in [0.5, 0.6) is 0 Å². The van der Waals surface area contributed by atoms with E-state index < -0.39 is 0 Å². The predicted molar refractivity (Wildman–Crippen MR) is 110 cm³/mol. The number of rotatable bonds is 6. The molecule has 25 heavy (non-hydrogen) atoms. The van der Waals surface area contributed by atoms with E-state index in [4.69, 9.17) is 0 Å². The van der Waals surface area contributed by atoms with Crippen LogP contribution in [0.4, 0.5) is 28.4 Å². The minimum atomic E-state index is 0.883. The van der Waals surface area contributed by atoms with Gasteiger partial charge in [0.05, 0.1) is 11.4 Å². The minimum absolute atomic E-state index is 0.883. The summed E-state index contributed by atoms with van der Waals surface area (Å²) in [5.41, 5.74) is 7.97. The van der Waals surface area contributed by atoms with Crippen molar-refractivity contribution >= 4 is 28.4 Å². The first-order valence-electron chi connectivity index (χ1n) is 8.71. The highest BCUT2D eigenvalue weighted by molar-refractivity contribution is 5.85. The third-order valence-electron chi connectivity index (χ3n) is 4.23. The third kappa shape index (κ3) is 3.94. The van der Waals surface area contributed by atoms with Crippen molar-refractivity contribution in [1.82, 2.24) is 0 Å². The zero-order valence-corrected chi connectivity index (χ0v) is 15.1. The van der Waals surface area contributed by atoms with Gasteiger partial charge in [0.2, 0.25) is 0 Å². The number of para-hydroxylation sites is 2. The number of anilines is 5. The van der Waals surface area contributed by atoms with E-state index in [1.54, 1.807) is 0 Å². The zero-order valence-electron chi connectivity index (χ0n) is 15.1. The van der Waals surface area contributed by atoms with E-state index in [9.17, 15) is 0 Å². The van der Waals surface area contributed by atoms with Crippen molar-refractivity contribution in [2.24, 2.45) is 0 Å². The van der Waals surface area contributed by atoms with Gasteiger partial charge in [-0.3, -0.25) is 0 Å². The number of benzene rings is 3. The molecule has 128 valence electrons. The molecule has 0 aliphatic rings. The van der Waals surface area contributed by atoms with Crippen LogP contribution < -0.4 is 16.0 Å². The van der Waals surface area contributed by atoms with Crippen molar-refractivity contribution in [2.75, 3.05) is 22.5 Å². The lowest BCUT2D eigenvalue weighted by atomic mass is 10.0. The Kier molecular flexibility index (Phi) is 5.24. The zero-order chi connectivity index (χ0) is 17.6. The van der Waals surface area contributed by atoms with Crippen LogP contribution in [0.2, 0.25) is 0 Å². The Morgan fingerprint density at radius 1 is 0.720 bits per heavy atom. The summed E-state index contributed by atoms with van der Waals surface area (Å²) in [6.07, 6.45) is 0. The molecule has 0 aromatic heterocycles. The van der Waals surface area contributed by atoms with Gasteiger partial charge in [-0.25, -0.2) is 0 Å². The molecule has 0 aliphatic carbocycles. The van der Waals surface area contributed by atoms with Crippen LogP contribution in [0.25, 0.3) is 0 Å². The van der Waals surface area contributed by atoms with Crippen molar-refractivity contribution in [1.29, 1.82) is 0 Å². The van der Waals surface area contributed by atoms with Crippen LogP contribution in [0.3, 0.4) is 0 Å². The first kappa shape index (κ1) is 16.9. The Morgan fingerprint density at radius 2 is 1.24 bits per heavy atom. The Hall–Kier alpha value is -2.94. The van der Waals surface area contributed by atoms with Crippen molar-refractivity contribution in [3.8, 4) is 0 Å². The molecule has 3 heteroatoms. The molecule has 0 fully saturated rings. The normalized spacial score (nSPS) is 10.4. The molecule has 0 amide bonds. The molecule has 0 saturated carbocycles. The van der Waals surface area contributed by atoms with Gasteiger partial charge >= 0.3 is 0 Å². The van der Waals surface area contributed by atoms with Crippen LogP contribution >= 0.6 is 0 Å². The Balaban J connectivity index is 2.03. The lowest BCUT2D eigenvalue weighted by Crippen LogP contribution is -2.06. The summed E-state index contributed by atoms with van der Waals surface area (Å²) in [5, 5.41) is 10.6. The average Bonchev–Trinajstić information content (AvgIpc) is 2.64.